The predicted octanol–water partition coefficient (Wildman–Crippen LogP) is 5.38. The Kier molecular flexibility index (Phi) is 6.37. The minimum atomic E-state index is -0.539. The summed E-state index contributed by atoms with van der Waals surface area (Å²) in [5, 5.41) is 3.49. The molecule has 0 bridgehead atoms. The Labute approximate surface area is 189 Å². The van der Waals surface area contributed by atoms with Crippen molar-refractivity contribution in [3.05, 3.63) is 94.5 Å². The van der Waals surface area contributed by atoms with Crippen LogP contribution in [0.1, 0.15) is 25.3 Å². The Bertz CT molecular complexity index is 1330. The molecule has 7 heteroatoms. The second-order valence-electron chi connectivity index (χ2n) is 7.62. The molecule has 1 N–H and O–H groups in total. The number of hydrogen-bond donors (Lipinski definition) is 1. The molecule has 0 atom stereocenters. The van der Waals surface area contributed by atoms with Gasteiger partial charge in [0.2, 0.25) is 5.91 Å². The van der Waals surface area contributed by atoms with E-state index in [0.29, 0.717) is 22.5 Å². The van der Waals surface area contributed by atoms with Crippen LogP contribution in [0.5, 0.6) is 0 Å². The second-order valence-corrected chi connectivity index (χ2v) is 8.56. The van der Waals surface area contributed by atoms with E-state index in [-0.39, 0.29) is 28.1 Å². The van der Waals surface area contributed by atoms with E-state index >= 15 is 0 Å². The largest absolute Gasteiger partial charge is 0.325 e. The zero-order valence-electron chi connectivity index (χ0n) is 17.7. The number of halogens is 1. The van der Waals surface area contributed by atoms with Gasteiger partial charge in [0, 0.05) is 5.69 Å². The molecule has 5 nitrogen and oxygen atoms in total. The number of amides is 1. The second kappa shape index (κ2) is 9.36. The Morgan fingerprint density at radius 1 is 1.03 bits per heavy atom. The van der Waals surface area contributed by atoms with Crippen LogP contribution in [0.2, 0.25) is 0 Å². The van der Waals surface area contributed by atoms with Crippen LogP contribution in [0.15, 0.2) is 82.7 Å². The fourth-order valence-electron chi connectivity index (χ4n) is 3.33. The van der Waals surface area contributed by atoms with Crippen LogP contribution in [-0.2, 0) is 4.79 Å². The summed E-state index contributed by atoms with van der Waals surface area (Å²) < 4.78 is 15.8. The first-order chi connectivity index (χ1) is 15.4. The number of benzene rings is 3. The lowest BCUT2D eigenvalue weighted by Gasteiger charge is -2.14. The summed E-state index contributed by atoms with van der Waals surface area (Å²) in [5.41, 5.74) is 2.10. The first-order valence-corrected chi connectivity index (χ1v) is 11.2. The molecule has 0 saturated carbocycles. The molecule has 0 aliphatic carbocycles. The number of aromatic nitrogens is 2. The molecule has 0 aliphatic rings. The van der Waals surface area contributed by atoms with Gasteiger partial charge in [0.15, 0.2) is 5.16 Å². The summed E-state index contributed by atoms with van der Waals surface area (Å²) in [6, 6.07) is 20.6. The Morgan fingerprint density at radius 2 is 1.72 bits per heavy atom. The summed E-state index contributed by atoms with van der Waals surface area (Å²) in [4.78, 5) is 30.3. The Balaban J connectivity index is 1.62. The fraction of sp³-hybridized carbons (Fsp3) is 0.160. The number of para-hydroxylation sites is 2. The third kappa shape index (κ3) is 4.57. The number of rotatable bonds is 6. The number of nitrogens with zero attached hydrogens (tertiary/aromatic N) is 2. The molecule has 4 aromatic rings. The Morgan fingerprint density at radius 3 is 2.44 bits per heavy atom. The molecule has 162 valence electrons. The molecular weight excluding hydrogens is 425 g/mol. The number of carbonyl (C=O) groups is 1. The number of thioether (sulfide) groups is 1. The first kappa shape index (κ1) is 21.8. The maximum atomic E-state index is 14.5. The van der Waals surface area contributed by atoms with Crippen molar-refractivity contribution in [2.24, 2.45) is 0 Å². The van der Waals surface area contributed by atoms with Gasteiger partial charge in [-0.2, -0.15) is 0 Å². The van der Waals surface area contributed by atoms with Crippen LogP contribution in [0.3, 0.4) is 0 Å². The normalized spacial score (nSPS) is 11.1. The maximum absolute atomic E-state index is 14.5. The van der Waals surface area contributed by atoms with Gasteiger partial charge in [-0.3, -0.25) is 14.2 Å². The smallest absolute Gasteiger partial charge is 0.266 e. The van der Waals surface area contributed by atoms with Crippen molar-refractivity contribution in [3.63, 3.8) is 0 Å². The van der Waals surface area contributed by atoms with Gasteiger partial charge in [-0.25, -0.2) is 9.37 Å². The number of nitrogens with one attached hydrogen (secondary N) is 1. The van der Waals surface area contributed by atoms with Gasteiger partial charge >= 0.3 is 0 Å². The molecular formula is C25H22FN3O2S. The lowest BCUT2D eigenvalue weighted by molar-refractivity contribution is -0.113. The third-order valence-corrected chi connectivity index (χ3v) is 5.97. The number of anilines is 1. The molecule has 0 unspecified atom stereocenters. The van der Waals surface area contributed by atoms with Crippen LogP contribution in [0.4, 0.5) is 10.1 Å². The van der Waals surface area contributed by atoms with E-state index in [1.165, 1.54) is 22.3 Å². The third-order valence-electron chi connectivity index (χ3n) is 5.03. The quantitative estimate of drug-likeness (QED) is 0.318. The number of fused-ring (bicyclic) bond motifs is 1. The lowest BCUT2D eigenvalue weighted by atomic mass is 10.0. The summed E-state index contributed by atoms with van der Waals surface area (Å²) in [5.74, 6) is -0.354. The summed E-state index contributed by atoms with van der Waals surface area (Å²) in [6.07, 6.45) is 0. The average molecular weight is 448 g/mol. The molecule has 0 spiro atoms. The fourth-order valence-corrected chi connectivity index (χ4v) is 4.14. The molecule has 1 amide bonds. The zero-order chi connectivity index (χ0) is 22.7. The van der Waals surface area contributed by atoms with E-state index in [1.54, 1.807) is 36.4 Å². The molecule has 1 aromatic heterocycles. The zero-order valence-corrected chi connectivity index (χ0v) is 18.5. The van der Waals surface area contributed by atoms with Crippen molar-refractivity contribution in [2.75, 3.05) is 11.1 Å². The van der Waals surface area contributed by atoms with E-state index in [9.17, 15) is 14.0 Å². The monoisotopic (exact) mass is 447 g/mol. The van der Waals surface area contributed by atoms with Crippen LogP contribution in [0.25, 0.3) is 16.6 Å². The maximum Gasteiger partial charge on any atom is 0.266 e. The van der Waals surface area contributed by atoms with Crippen molar-refractivity contribution in [1.29, 1.82) is 0 Å². The highest BCUT2D eigenvalue weighted by Gasteiger charge is 2.17. The van der Waals surface area contributed by atoms with Gasteiger partial charge in [-0.15, -0.1) is 0 Å². The van der Waals surface area contributed by atoms with E-state index in [1.807, 2.05) is 24.3 Å². The van der Waals surface area contributed by atoms with Gasteiger partial charge < -0.3 is 5.32 Å². The van der Waals surface area contributed by atoms with E-state index in [4.69, 9.17) is 0 Å². The molecule has 1 heterocycles. The summed E-state index contributed by atoms with van der Waals surface area (Å²) in [7, 11) is 0. The van der Waals surface area contributed by atoms with Crippen molar-refractivity contribution >= 4 is 34.3 Å². The number of hydrogen-bond acceptors (Lipinski definition) is 4. The van der Waals surface area contributed by atoms with E-state index in [0.717, 1.165) is 11.8 Å². The summed E-state index contributed by atoms with van der Waals surface area (Å²) in [6.45, 7) is 4.21. The van der Waals surface area contributed by atoms with Crippen LogP contribution >= 0.6 is 11.8 Å². The van der Waals surface area contributed by atoms with Crippen molar-refractivity contribution in [3.8, 4) is 5.69 Å². The van der Waals surface area contributed by atoms with Crippen LogP contribution in [-0.4, -0.2) is 21.2 Å². The topological polar surface area (TPSA) is 64.0 Å². The Hall–Kier alpha value is -3.45. The van der Waals surface area contributed by atoms with Crippen LogP contribution in [0, 0.1) is 5.82 Å². The minimum Gasteiger partial charge on any atom is -0.325 e. The molecule has 4 rings (SSSR count). The first-order valence-electron chi connectivity index (χ1n) is 10.2. The molecule has 32 heavy (non-hydrogen) atoms. The van der Waals surface area contributed by atoms with Gasteiger partial charge in [0.25, 0.3) is 5.56 Å². The highest BCUT2D eigenvalue weighted by molar-refractivity contribution is 7.99. The highest BCUT2D eigenvalue weighted by Crippen LogP contribution is 2.23. The van der Waals surface area contributed by atoms with Gasteiger partial charge in [0.05, 0.1) is 22.3 Å². The average Bonchev–Trinajstić information content (AvgIpc) is 2.79. The van der Waals surface area contributed by atoms with Crippen molar-refractivity contribution in [1.82, 2.24) is 9.55 Å². The van der Waals surface area contributed by atoms with Gasteiger partial charge in [-0.05, 0) is 47.9 Å². The SMILES string of the molecule is CC(C)c1ccc(NC(=O)CSc2nc3ccccc3c(=O)n2-c2ccccc2F)cc1. The minimum absolute atomic E-state index is 0.0190. The number of carbonyl (C=O) groups excluding carboxylic acids is 1. The van der Waals surface area contributed by atoms with Crippen molar-refractivity contribution in [2.45, 2.75) is 24.9 Å². The highest BCUT2D eigenvalue weighted by atomic mass is 32.2. The van der Waals surface area contributed by atoms with Crippen molar-refractivity contribution < 1.29 is 9.18 Å². The molecule has 0 saturated heterocycles. The summed E-state index contributed by atoms with van der Waals surface area (Å²) >= 11 is 1.09. The molecule has 0 radical (unpaired) electrons. The van der Waals surface area contributed by atoms with E-state index in [2.05, 4.69) is 24.1 Å². The van der Waals surface area contributed by atoms with Crippen LogP contribution < -0.4 is 10.9 Å². The standard InChI is InChI=1S/C25H22FN3O2S/c1-16(2)17-11-13-18(14-12-17)27-23(30)15-32-25-28-21-9-5-3-7-19(21)24(31)29(25)22-10-6-4-8-20(22)26/h3-14,16H,15H2,1-2H3,(H,27,30). The molecule has 0 fully saturated rings. The predicted molar refractivity (Wildman–Crippen MR) is 127 cm³/mol. The molecule has 0 aliphatic heterocycles. The van der Waals surface area contributed by atoms with E-state index < -0.39 is 5.82 Å². The van der Waals surface area contributed by atoms with Gasteiger partial charge in [-0.1, -0.05) is 62.0 Å². The molecule has 3 aromatic carbocycles. The lowest BCUT2D eigenvalue weighted by Crippen LogP contribution is -2.23. The van der Waals surface area contributed by atoms with Gasteiger partial charge in [0.1, 0.15) is 5.82 Å².